The second kappa shape index (κ2) is 10.2. The van der Waals surface area contributed by atoms with Gasteiger partial charge in [-0.1, -0.05) is 39.3 Å². The van der Waals surface area contributed by atoms with E-state index in [4.69, 9.17) is 9.26 Å². The minimum atomic E-state index is -0.153. The average Bonchev–Trinajstić information content (AvgIpc) is 3.44. The highest BCUT2D eigenvalue weighted by atomic mass is 79.9. The van der Waals surface area contributed by atoms with Crippen molar-refractivity contribution in [1.82, 2.24) is 19.9 Å². The quantitative estimate of drug-likeness (QED) is 0.361. The summed E-state index contributed by atoms with van der Waals surface area (Å²) in [6, 6.07) is 17.1. The molecule has 0 radical (unpaired) electrons. The van der Waals surface area contributed by atoms with Crippen molar-refractivity contribution >= 4 is 27.7 Å². The van der Waals surface area contributed by atoms with Crippen LogP contribution in [0.3, 0.4) is 0 Å². The lowest BCUT2D eigenvalue weighted by Crippen LogP contribution is -2.16. The van der Waals surface area contributed by atoms with E-state index in [0.717, 1.165) is 21.3 Å². The van der Waals surface area contributed by atoms with Crippen LogP contribution in [0.1, 0.15) is 24.8 Å². The summed E-state index contributed by atoms with van der Waals surface area (Å²) in [5.74, 6) is 2.15. The SMILES string of the molecule is CCOc1ccc(-c2noc(CCC(=O)Nc3ccnn3Cc3ccccc3Br)n2)cc1. The maximum absolute atomic E-state index is 12.5. The van der Waals surface area contributed by atoms with Crippen molar-refractivity contribution in [1.29, 1.82) is 0 Å². The first kappa shape index (κ1) is 21.8. The number of carbonyl (C=O) groups excluding carboxylic acids is 1. The van der Waals surface area contributed by atoms with Crippen molar-refractivity contribution in [3.8, 4) is 17.1 Å². The molecule has 0 spiro atoms. The number of carbonyl (C=O) groups is 1. The van der Waals surface area contributed by atoms with Crippen LogP contribution in [0.25, 0.3) is 11.4 Å². The minimum Gasteiger partial charge on any atom is -0.494 e. The third kappa shape index (κ3) is 5.42. The normalized spacial score (nSPS) is 10.8. The average molecular weight is 496 g/mol. The topological polar surface area (TPSA) is 95.1 Å². The molecular weight excluding hydrogens is 474 g/mol. The summed E-state index contributed by atoms with van der Waals surface area (Å²) in [6.07, 6.45) is 2.22. The number of aryl methyl sites for hydroxylation is 1. The minimum absolute atomic E-state index is 0.153. The lowest BCUT2D eigenvalue weighted by molar-refractivity contribution is -0.116. The molecule has 0 aliphatic carbocycles. The molecule has 8 nitrogen and oxygen atoms in total. The molecule has 2 heterocycles. The van der Waals surface area contributed by atoms with Crippen LogP contribution in [0, 0.1) is 0 Å². The Morgan fingerprint density at radius 3 is 2.75 bits per heavy atom. The second-order valence-electron chi connectivity index (χ2n) is 6.98. The summed E-state index contributed by atoms with van der Waals surface area (Å²) in [5.41, 5.74) is 1.89. The Morgan fingerprint density at radius 1 is 1.16 bits per heavy atom. The first-order chi connectivity index (χ1) is 15.6. The van der Waals surface area contributed by atoms with Gasteiger partial charge in [0, 0.05) is 28.9 Å². The first-order valence-corrected chi connectivity index (χ1v) is 11.0. The summed E-state index contributed by atoms with van der Waals surface area (Å²) >= 11 is 3.54. The molecule has 0 saturated heterocycles. The highest BCUT2D eigenvalue weighted by Gasteiger charge is 2.13. The Hall–Kier alpha value is -3.46. The lowest BCUT2D eigenvalue weighted by Gasteiger charge is -2.10. The second-order valence-corrected chi connectivity index (χ2v) is 7.84. The zero-order valence-electron chi connectivity index (χ0n) is 17.5. The molecule has 2 aromatic carbocycles. The fourth-order valence-electron chi connectivity index (χ4n) is 3.12. The van der Waals surface area contributed by atoms with Gasteiger partial charge < -0.3 is 14.6 Å². The Balaban J connectivity index is 1.32. The molecule has 0 bridgehead atoms. The van der Waals surface area contributed by atoms with Gasteiger partial charge in [-0.15, -0.1) is 0 Å². The van der Waals surface area contributed by atoms with Gasteiger partial charge >= 0.3 is 0 Å². The zero-order valence-corrected chi connectivity index (χ0v) is 19.1. The number of aromatic nitrogens is 4. The Kier molecular flexibility index (Phi) is 6.96. The Labute approximate surface area is 193 Å². The number of nitrogens with one attached hydrogen (secondary N) is 1. The molecule has 1 N–H and O–H groups in total. The van der Waals surface area contributed by atoms with Gasteiger partial charge in [0.15, 0.2) is 0 Å². The largest absolute Gasteiger partial charge is 0.494 e. The van der Waals surface area contributed by atoms with Crippen LogP contribution < -0.4 is 10.1 Å². The molecule has 2 aromatic heterocycles. The number of hydrogen-bond donors (Lipinski definition) is 1. The van der Waals surface area contributed by atoms with Crippen LogP contribution in [0.5, 0.6) is 5.75 Å². The molecule has 9 heteroatoms. The van der Waals surface area contributed by atoms with Crippen LogP contribution in [0.4, 0.5) is 5.82 Å². The van der Waals surface area contributed by atoms with Crippen molar-refractivity contribution < 1.29 is 14.1 Å². The Bertz CT molecular complexity index is 1190. The predicted octanol–water partition coefficient (Wildman–Crippen LogP) is 4.71. The molecular formula is C23H22BrN5O3. The number of nitrogens with zero attached hydrogens (tertiary/aromatic N) is 4. The van der Waals surface area contributed by atoms with E-state index in [0.29, 0.717) is 37.1 Å². The number of benzene rings is 2. The summed E-state index contributed by atoms with van der Waals surface area (Å²) in [6.45, 7) is 3.09. The molecule has 4 rings (SSSR count). The number of hydrogen-bond acceptors (Lipinski definition) is 6. The van der Waals surface area contributed by atoms with Gasteiger partial charge in [-0.3, -0.25) is 4.79 Å². The first-order valence-electron chi connectivity index (χ1n) is 10.2. The highest BCUT2D eigenvalue weighted by Crippen LogP contribution is 2.21. The Morgan fingerprint density at radius 2 is 1.97 bits per heavy atom. The number of halogens is 1. The predicted molar refractivity (Wildman–Crippen MR) is 123 cm³/mol. The maximum Gasteiger partial charge on any atom is 0.227 e. The molecule has 4 aromatic rings. The van der Waals surface area contributed by atoms with E-state index in [9.17, 15) is 4.79 Å². The summed E-state index contributed by atoms with van der Waals surface area (Å²) in [5, 5.41) is 11.2. The van der Waals surface area contributed by atoms with E-state index in [2.05, 4.69) is 36.5 Å². The molecule has 0 aliphatic rings. The molecule has 0 fully saturated rings. The molecule has 0 aliphatic heterocycles. The van der Waals surface area contributed by atoms with Gasteiger partial charge in [0.05, 0.1) is 19.3 Å². The van der Waals surface area contributed by atoms with Crippen LogP contribution in [-0.2, 0) is 17.8 Å². The lowest BCUT2D eigenvalue weighted by atomic mass is 10.2. The van der Waals surface area contributed by atoms with Crippen LogP contribution in [-0.4, -0.2) is 32.4 Å². The van der Waals surface area contributed by atoms with Gasteiger partial charge in [0.2, 0.25) is 17.6 Å². The van der Waals surface area contributed by atoms with E-state index in [1.807, 2.05) is 55.5 Å². The number of amides is 1. The third-order valence-corrected chi connectivity index (χ3v) is 5.49. The summed E-state index contributed by atoms with van der Waals surface area (Å²) in [7, 11) is 0. The van der Waals surface area contributed by atoms with Crippen molar-refractivity contribution in [3.05, 3.63) is 76.7 Å². The van der Waals surface area contributed by atoms with Crippen molar-refractivity contribution in [2.24, 2.45) is 0 Å². The molecule has 1 amide bonds. The molecule has 0 atom stereocenters. The van der Waals surface area contributed by atoms with Crippen molar-refractivity contribution in [2.45, 2.75) is 26.3 Å². The van der Waals surface area contributed by atoms with E-state index >= 15 is 0 Å². The van der Waals surface area contributed by atoms with Crippen LogP contribution in [0.15, 0.2) is 69.8 Å². The molecule has 164 valence electrons. The fraction of sp³-hybridized carbons (Fsp3) is 0.217. The summed E-state index contributed by atoms with van der Waals surface area (Å²) < 4.78 is 13.5. The smallest absolute Gasteiger partial charge is 0.227 e. The van der Waals surface area contributed by atoms with Crippen LogP contribution in [0.2, 0.25) is 0 Å². The third-order valence-electron chi connectivity index (χ3n) is 4.72. The number of rotatable bonds is 9. The van der Waals surface area contributed by atoms with Gasteiger partial charge in [-0.2, -0.15) is 10.1 Å². The van der Waals surface area contributed by atoms with Gasteiger partial charge in [-0.25, -0.2) is 4.68 Å². The van der Waals surface area contributed by atoms with E-state index in [1.54, 1.807) is 16.9 Å². The molecule has 32 heavy (non-hydrogen) atoms. The molecule has 0 saturated carbocycles. The highest BCUT2D eigenvalue weighted by molar-refractivity contribution is 9.10. The van der Waals surface area contributed by atoms with Gasteiger partial charge in [0.1, 0.15) is 11.6 Å². The van der Waals surface area contributed by atoms with E-state index < -0.39 is 0 Å². The van der Waals surface area contributed by atoms with E-state index in [1.165, 1.54) is 0 Å². The maximum atomic E-state index is 12.5. The van der Waals surface area contributed by atoms with E-state index in [-0.39, 0.29) is 12.3 Å². The fourth-order valence-corrected chi connectivity index (χ4v) is 3.53. The van der Waals surface area contributed by atoms with Gasteiger partial charge in [-0.05, 0) is 42.8 Å². The summed E-state index contributed by atoms with van der Waals surface area (Å²) in [4.78, 5) is 16.9. The zero-order chi connectivity index (χ0) is 22.3. The van der Waals surface area contributed by atoms with Crippen LogP contribution >= 0.6 is 15.9 Å². The molecule has 0 unspecified atom stereocenters. The number of ether oxygens (including phenoxy) is 1. The number of anilines is 1. The van der Waals surface area contributed by atoms with Crippen molar-refractivity contribution in [3.63, 3.8) is 0 Å². The standard InChI is InChI=1S/C23H22BrN5O3/c1-2-31-18-9-7-16(8-10-18)23-27-22(32-28-23)12-11-21(30)26-20-13-14-25-29(20)15-17-5-3-4-6-19(17)24/h3-10,13-14H,2,11-12,15H2,1H3,(H,26,30). The monoisotopic (exact) mass is 495 g/mol. The van der Waals surface area contributed by atoms with Gasteiger partial charge in [0.25, 0.3) is 0 Å². The van der Waals surface area contributed by atoms with Crippen molar-refractivity contribution in [2.75, 3.05) is 11.9 Å².